The van der Waals surface area contributed by atoms with Crippen LogP contribution in [0, 0.1) is 0 Å². The molecule has 0 aliphatic carbocycles. The van der Waals surface area contributed by atoms with Gasteiger partial charge in [-0.3, -0.25) is 0 Å². The summed E-state index contributed by atoms with van der Waals surface area (Å²) in [5.41, 5.74) is 0.662. The van der Waals surface area contributed by atoms with E-state index in [0.717, 1.165) is 0 Å². The van der Waals surface area contributed by atoms with E-state index in [0.29, 0.717) is 11.1 Å². The monoisotopic (exact) mass is 514 g/mol. The van der Waals surface area contributed by atoms with E-state index in [-0.39, 0.29) is 0 Å². The van der Waals surface area contributed by atoms with Gasteiger partial charge in [-0.05, 0) is 24.3 Å². The van der Waals surface area contributed by atoms with E-state index in [2.05, 4.69) is 0 Å². The molecule has 2 aromatic rings. The molecule has 0 aromatic heterocycles. The van der Waals surface area contributed by atoms with Crippen LogP contribution in [-0.4, -0.2) is 88.6 Å². The van der Waals surface area contributed by atoms with Gasteiger partial charge in [-0.2, -0.15) is 0 Å². The van der Waals surface area contributed by atoms with Gasteiger partial charge < -0.3 is 40.9 Å². The average Bonchev–Trinajstić information content (AvgIpc) is 2.81. The van der Waals surface area contributed by atoms with E-state index in [4.69, 9.17) is 69.6 Å². The van der Waals surface area contributed by atoms with Crippen LogP contribution in [-0.2, 0) is 28.8 Å². The fraction of sp³-hybridized carbons (Fsp3) is 0. The summed E-state index contributed by atoms with van der Waals surface area (Å²) in [6.07, 6.45) is 0. The summed E-state index contributed by atoms with van der Waals surface area (Å²) in [4.78, 5) is 75.0. The van der Waals surface area contributed by atoms with Gasteiger partial charge in [-0.25, -0.2) is 38.4 Å². The van der Waals surface area contributed by atoms with Crippen LogP contribution in [0.15, 0.2) is 60.7 Å². The van der Waals surface area contributed by atoms with Crippen molar-refractivity contribution in [2.24, 2.45) is 0 Å². The summed E-state index contributed by atoms with van der Waals surface area (Å²) in [5.74, 6) is -12.7. The van der Waals surface area contributed by atoms with Crippen molar-refractivity contribution in [1.29, 1.82) is 0 Å². The Morgan fingerprint density at radius 1 is 0.333 bits per heavy atom. The van der Waals surface area contributed by atoms with Crippen LogP contribution in [0.25, 0.3) is 0 Å². The second-order valence-electron chi connectivity index (χ2n) is 5.17. The normalized spacial score (nSPS) is 8.11. The number of carboxylic acid groups (broad SMARTS) is 8. The molecule has 8 N–H and O–H groups in total. The van der Waals surface area contributed by atoms with Crippen molar-refractivity contribution in [2.75, 3.05) is 0 Å². The van der Waals surface area contributed by atoms with Gasteiger partial charge in [-0.1, -0.05) is 36.4 Å². The van der Waals surface area contributed by atoms with E-state index < -0.39 is 47.8 Å². The molecular formula is C20H18O16. The molecule has 0 saturated carbocycles. The lowest BCUT2D eigenvalue weighted by Crippen LogP contribution is -2.09. The largest absolute Gasteiger partial charge is 0.478 e. The molecule has 0 unspecified atom stereocenters. The van der Waals surface area contributed by atoms with Gasteiger partial charge in [0, 0.05) is 0 Å². The Bertz CT molecular complexity index is 901. The molecule has 0 bridgehead atoms. The lowest BCUT2D eigenvalue weighted by atomic mass is 10.2. The molecule has 0 spiro atoms. The van der Waals surface area contributed by atoms with Crippen molar-refractivity contribution in [3.8, 4) is 0 Å². The zero-order valence-electron chi connectivity index (χ0n) is 17.6. The molecule has 0 aliphatic rings. The highest BCUT2D eigenvalue weighted by Gasteiger charge is 2.05. The van der Waals surface area contributed by atoms with Crippen molar-refractivity contribution in [1.82, 2.24) is 0 Å². The molecule has 16 nitrogen and oxygen atoms in total. The minimum Gasteiger partial charge on any atom is -0.478 e. The SMILES string of the molecule is O=C(O)C(=O)O.O=C(O)C(=O)O.O=C(O)C(=O)O.O=C(O)c1ccccc1.O=C(O)c1ccccc1. The maximum absolute atomic E-state index is 10.2. The predicted octanol–water partition coefficient (Wildman–Crippen LogP) is 0.236. The van der Waals surface area contributed by atoms with E-state index in [9.17, 15) is 9.59 Å². The summed E-state index contributed by atoms with van der Waals surface area (Å²) in [7, 11) is 0. The summed E-state index contributed by atoms with van der Waals surface area (Å²) >= 11 is 0. The van der Waals surface area contributed by atoms with E-state index >= 15 is 0 Å². The van der Waals surface area contributed by atoms with Crippen LogP contribution < -0.4 is 0 Å². The van der Waals surface area contributed by atoms with E-state index in [1.807, 2.05) is 0 Å². The highest BCUT2D eigenvalue weighted by atomic mass is 16.5. The van der Waals surface area contributed by atoms with Crippen LogP contribution in [0.5, 0.6) is 0 Å². The van der Waals surface area contributed by atoms with Gasteiger partial charge >= 0.3 is 47.8 Å². The molecule has 194 valence electrons. The highest BCUT2D eigenvalue weighted by Crippen LogP contribution is 1.96. The predicted molar refractivity (Wildman–Crippen MR) is 113 cm³/mol. The van der Waals surface area contributed by atoms with Gasteiger partial charge in [0.1, 0.15) is 0 Å². The first kappa shape index (κ1) is 34.8. The molecule has 0 fully saturated rings. The fourth-order valence-electron chi connectivity index (χ4n) is 1.16. The Balaban J connectivity index is -0.000000385. The third-order valence-corrected chi connectivity index (χ3v) is 2.59. The Hall–Kier alpha value is -5.80. The van der Waals surface area contributed by atoms with Crippen LogP contribution in [0.3, 0.4) is 0 Å². The number of hydrogen-bond acceptors (Lipinski definition) is 8. The molecule has 0 saturated heterocycles. The van der Waals surface area contributed by atoms with Crippen molar-refractivity contribution in [3.63, 3.8) is 0 Å². The molecule has 0 aliphatic heterocycles. The molecule has 2 aromatic carbocycles. The third kappa shape index (κ3) is 22.9. The topological polar surface area (TPSA) is 298 Å². The summed E-state index contributed by atoms with van der Waals surface area (Å²) in [6, 6.07) is 16.6. The van der Waals surface area contributed by atoms with Crippen molar-refractivity contribution in [2.45, 2.75) is 0 Å². The van der Waals surface area contributed by atoms with Crippen LogP contribution >= 0.6 is 0 Å². The lowest BCUT2D eigenvalue weighted by molar-refractivity contribution is -0.159. The van der Waals surface area contributed by atoms with Crippen molar-refractivity contribution in [3.05, 3.63) is 71.8 Å². The smallest absolute Gasteiger partial charge is 0.414 e. The standard InChI is InChI=1S/2C7H6O2.3C2H2O4/c2*8-7(9)6-4-2-1-3-5-6;3*3-1(4)2(5)6/h2*1-5H,(H,8,9);3*(H,3,4)(H,5,6). The molecule has 0 atom stereocenters. The average molecular weight is 514 g/mol. The van der Waals surface area contributed by atoms with Gasteiger partial charge in [0.2, 0.25) is 0 Å². The molecule has 0 radical (unpaired) electrons. The fourth-order valence-corrected chi connectivity index (χ4v) is 1.16. The zero-order chi connectivity index (χ0) is 28.8. The Morgan fingerprint density at radius 2 is 0.500 bits per heavy atom. The maximum Gasteiger partial charge on any atom is 0.414 e. The van der Waals surface area contributed by atoms with Crippen LogP contribution in [0.4, 0.5) is 0 Å². The van der Waals surface area contributed by atoms with Gasteiger partial charge in [0.15, 0.2) is 0 Å². The van der Waals surface area contributed by atoms with Crippen LogP contribution in [0.2, 0.25) is 0 Å². The first-order valence-corrected chi connectivity index (χ1v) is 8.49. The highest BCUT2D eigenvalue weighted by molar-refractivity contribution is 6.28. The number of carboxylic acids is 8. The Morgan fingerprint density at radius 3 is 0.583 bits per heavy atom. The maximum atomic E-state index is 10.2. The first-order valence-electron chi connectivity index (χ1n) is 8.49. The van der Waals surface area contributed by atoms with Gasteiger partial charge in [-0.15, -0.1) is 0 Å². The first-order chi connectivity index (χ1) is 16.5. The van der Waals surface area contributed by atoms with Crippen LogP contribution in [0.1, 0.15) is 20.7 Å². The Kier molecular flexibility index (Phi) is 19.2. The van der Waals surface area contributed by atoms with Crippen molar-refractivity contribution < 1.29 is 79.2 Å². The number of carbonyl (C=O) groups is 8. The Labute approximate surface area is 199 Å². The number of rotatable bonds is 2. The molecule has 0 heterocycles. The quantitative estimate of drug-likeness (QED) is 0.249. The molecule has 16 heteroatoms. The second-order valence-corrected chi connectivity index (χ2v) is 5.17. The number of benzene rings is 2. The summed E-state index contributed by atoms with van der Waals surface area (Å²) in [5, 5.41) is 61.1. The van der Waals surface area contributed by atoms with E-state index in [1.165, 1.54) is 0 Å². The molecular weight excluding hydrogens is 496 g/mol. The number of hydrogen-bond donors (Lipinski definition) is 8. The molecule has 36 heavy (non-hydrogen) atoms. The van der Waals surface area contributed by atoms with Gasteiger partial charge in [0.25, 0.3) is 0 Å². The van der Waals surface area contributed by atoms with E-state index in [1.54, 1.807) is 60.7 Å². The molecule has 0 amide bonds. The van der Waals surface area contributed by atoms with Crippen molar-refractivity contribution >= 4 is 47.8 Å². The molecule has 2 rings (SSSR count). The number of aliphatic carboxylic acids is 6. The second kappa shape index (κ2) is 19.9. The van der Waals surface area contributed by atoms with Gasteiger partial charge in [0.05, 0.1) is 11.1 Å². The lowest BCUT2D eigenvalue weighted by Gasteiger charge is -1.88. The minimum absolute atomic E-state index is 0.331. The summed E-state index contributed by atoms with van der Waals surface area (Å²) in [6.45, 7) is 0. The zero-order valence-corrected chi connectivity index (χ0v) is 17.6. The minimum atomic E-state index is -1.82. The number of aromatic carboxylic acids is 2. The summed E-state index contributed by atoms with van der Waals surface area (Å²) < 4.78 is 0. The third-order valence-electron chi connectivity index (χ3n) is 2.59.